The number of alkyl halides is 2. The lowest BCUT2D eigenvalue weighted by Gasteiger charge is -2.35. The van der Waals surface area contributed by atoms with Crippen molar-refractivity contribution < 1.29 is 18.7 Å². The SMILES string of the molecule is CC(=O)O.CCc1nc(/C(N)=C(\Cn2cc(-n3cccn3)ccc2=O)N(C)N)ccc1N1CCCC(F)(F)C1. The summed E-state index contributed by atoms with van der Waals surface area (Å²) in [6, 6.07) is 8.43. The maximum atomic E-state index is 14.0. The van der Waals surface area contributed by atoms with Gasteiger partial charge in [-0.15, -0.1) is 0 Å². The van der Waals surface area contributed by atoms with Crippen LogP contribution in [0.15, 0.2) is 59.4 Å². The largest absolute Gasteiger partial charge is 0.481 e. The van der Waals surface area contributed by atoms with Gasteiger partial charge in [0.25, 0.3) is 17.5 Å². The number of likely N-dealkylation sites (N-methyl/N-ethyl adjacent to an activating group) is 1. The van der Waals surface area contributed by atoms with Crippen LogP contribution in [0.3, 0.4) is 0 Å². The Hall–Kier alpha value is -4.26. The first kappa shape index (κ1) is 29.3. The Labute approximate surface area is 224 Å². The molecule has 13 heteroatoms. The molecule has 0 aromatic carbocycles. The fourth-order valence-electron chi connectivity index (χ4n) is 4.26. The maximum absolute atomic E-state index is 14.0. The average Bonchev–Trinajstić information content (AvgIpc) is 3.41. The number of nitrogens with two attached hydrogens (primary N) is 2. The molecule has 0 radical (unpaired) electrons. The molecule has 3 aromatic rings. The van der Waals surface area contributed by atoms with Crippen LogP contribution in [0.4, 0.5) is 14.5 Å². The van der Waals surface area contributed by atoms with Crippen molar-refractivity contribution in [3.63, 3.8) is 0 Å². The second-order valence-corrected chi connectivity index (χ2v) is 9.19. The van der Waals surface area contributed by atoms with E-state index < -0.39 is 11.9 Å². The van der Waals surface area contributed by atoms with E-state index >= 15 is 0 Å². The molecule has 1 fully saturated rings. The van der Waals surface area contributed by atoms with E-state index in [0.29, 0.717) is 53.5 Å². The van der Waals surface area contributed by atoms with Crippen LogP contribution in [-0.4, -0.2) is 61.5 Å². The molecule has 0 amide bonds. The van der Waals surface area contributed by atoms with Gasteiger partial charge in [0.05, 0.1) is 47.2 Å². The Balaban J connectivity index is 0.000000983. The number of aliphatic carboxylic acids is 1. The van der Waals surface area contributed by atoms with E-state index in [-0.39, 0.29) is 25.1 Å². The van der Waals surface area contributed by atoms with Crippen molar-refractivity contribution in [2.45, 2.75) is 45.6 Å². The molecule has 0 saturated carbocycles. The van der Waals surface area contributed by atoms with Gasteiger partial charge in [0.2, 0.25) is 0 Å². The molecular weight excluding hydrogens is 510 g/mol. The zero-order valence-corrected chi connectivity index (χ0v) is 22.2. The number of hydrogen-bond acceptors (Lipinski definition) is 8. The fraction of sp³-hybridized carbons (Fsp3) is 0.385. The highest BCUT2D eigenvalue weighted by molar-refractivity contribution is 5.65. The van der Waals surface area contributed by atoms with E-state index in [1.807, 2.05) is 6.92 Å². The third-order valence-corrected chi connectivity index (χ3v) is 6.09. The minimum atomic E-state index is -2.71. The number of aromatic nitrogens is 4. The third-order valence-electron chi connectivity index (χ3n) is 6.09. The van der Waals surface area contributed by atoms with Gasteiger partial charge in [0, 0.05) is 51.6 Å². The molecule has 3 aromatic heterocycles. The summed E-state index contributed by atoms with van der Waals surface area (Å²) in [5.41, 5.74) is 9.60. The van der Waals surface area contributed by atoms with Crippen molar-refractivity contribution >= 4 is 17.4 Å². The lowest BCUT2D eigenvalue weighted by atomic mass is 10.1. The number of pyridine rings is 2. The first-order valence-electron chi connectivity index (χ1n) is 12.4. The lowest BCUT2D eigenvalue weighted by Crippen LogP contribution is -2.43. The molecule has 5 N–H and O–H groups in total. The van der Waals surface area contributed by atoms with E-state index in [0.717, 1.165) is 6.92 Å². The molecule has 0 unspecified atom stereocenters. The summed E-state index contributed by atoms with van der Waals surface area (Å²) >= 11 is 0. The van der Waals surface area contributed by atoms with Crippen LogP contribution in [-0.2, 0) is 17.8 Å². The van der Waals surface area contributed by atoms with E-state index in [1.165, 1.54) is 15.6 Å². The van der Waals surface area contributed by atoms with Gasteiger partial charge in [-0.2, -0.15) is 5.10 Å². The van der Waals surface area contributed by atoms with Crippen molar-refractivity contribution in [2.75, 3.05) is 25.0 Å². The van der Waals surface area contributed by atoms with Crippen LogP contribution in [0.5, 0.6) is 0 Å². The van der Waals surface area contributed by atoms with E-state index in [9.17, 15) is 13.6 Å². The summed E-state index contributed by atoms with van der Waals surface area (Å²) < 4.78 is 31.1. The Kier molecular flexibility index (Phi) is 9.41. The molecule has 4 heterocycles. The fourth-order valence-corrected chi connectivity index (χ4v) is 4.26. The molecule has 39 heavy (non-hydrogen) atoms. The predicted octanol–water partition coefficient (Wildman–Crippen LogP) is 2.45. The minimum absolute atomic E-state index is 0.0979. The van der Waals surface area contributed by atoms with Gasteiger partial charge in [-0.3, -0.25) is 9.59 Å². The number of carboxylic acids is 1. The van der Waals surface area contributed by atoms with Crippen LogP contribution in [0, 0.1) is 0 Å². The van der Waals surface area contributed by atoms with Crippen LogP contribution in [0.25, 0.3) is 11.4 Å². The van der Waals surface area contributed by atoms with Crippen molar-refractivity contribution in [2.24, 2.45) is 11.6 Å². The second kappa shape index (κ2) is 12.5. The zero-order chi connectivity index (χ0) is 28.7. The molecule has 0 spiro atoms. The summed E-state index contributed by atoms with van der Waals surface area (Å²) in [4.78, 5) is 27.9. The summed E-state index contributed by atoms with van der Waals surface area (Å²) in [6.07, 6.45) is 5.99. The van der Waals surface area contributed by atoms with Crippen molar-refractivity contribution in [1.82, 2.24) is 24.3 Å². The molecule has 0 aliphatic carbocycles. The Morgan fingerprint density at radius 2 is 1.97 bits per heavy atom. The first-order valence-corrected chi connectivity index (χ1v) is 12.4. The normalized spacial score (nSPS) is 15.2. The number of piperidine rings is 1. The van der Waals surface area contributed by atoms with Crippen molar-refractivity contribution in [3.05, 3.63) is 76.4 Å². The highest BCUT2D eigenvalue weighted by Crippen LogP contribution is 2.32. The topological polar surface area (TPSA) is 149 Å². The number of halogens is 2. The first-order chi connectivity index (χ1) is 18.4. The average molecular weight is 545 g/mol. The maximum Gasteiger partial charge on any atom is 0.300 e. The molecule has 1 aliphatic heterocycles. The Bertz CT molecular complexity index is 1370. The van der Waals surface area contributed by atoms with Crippen LogP contribution >= 0.6 is 0 Å². The summed E-state index contributed by atoms with van der Waals surface area (Å²) in [6.45, 7) is 3.35. The van der Waals surface area contributed by atoms with Gasteiger partial charge in [-0.1, -0.05) is 6.92 Å². The summed E-state index contributed by atoms with van der Waals surface area (Å²) in [7, 11) is 1.63. The molecule has 4 rings (SSSR count). The van der Waals surface area contributed by atoms with E-state index in [1.54, 1.807) is 59.5 Å². The van der Waals surface area contributed by atoms with Gasteiger partial charge in [-0.05, 0) is 37.1 Å². The highest BCUT2D eigenvalue weighted by atomic mass is 19.3. The standard InChI is InChI=1S/C24H30F2N8O.C2H4O2/c1-3-18-20(32-12-4-10-24(25,26)16-32)8-7-19(30-18)23(27)21(31(2)28)15-33-14-17(6-9-22(33)35)34-13-5-11-29-34;1-2(3)4/h5-9,11,13-14H,3-4,10,12,15-16,27-28H2,1-2H3;1H3,(H,3,4)/b23-21-;. The molecule has 210 valence electrons. The van der Waals surface area contributed by atoms with Gasteiger partial charge in [0.15, 0.2) is 0 Å². The number of rotatable bonds is 7. The number of allylic oxidation sites excluding steroid dienone is 1. The number of hydrazine groups is 1. The smallest absolute Gasteiger partial charge is 0.300 e. The monoisotopic (exact) mass is 544 g/mol. The second-order valence-electron chi connectivity index (χ2n) is 9.19. The van der Waals surface area contributed by atoms with E-state index in [4.69, 9.17) is 21.5 Å². The molecule has 0 atom stereocenters. The summed E-state index contributed by atoms with van der Waals surface area (Å²) in [5.74, 6) is 2.55. The van der Waals surface area contributed by atoms with Crippen LogP contribution < -0.4 is 22.0 Å². The minimum Gasteiger partial charge on any atom is -0.481 e. The predicted molar refractivity (Wildman–Crippen MR) is 144 cm³/mol. The highest BCUT2D eigenvalue weighted by Gasteiger charge is 2.36. The Morgan fingerprint density at radius 1 is 1.26 bits per heavy atom. The van der Waals surface area contributed by atoms with Gasteiger partial charge in [0.1, 0.15) is 0 Å². The molecule has 11 nitrogen and oxygen atoms in total. The number of nitrogens with zero attached hydrogens (tertiary/aromatic N) is 6. The Morgan fingerprint density at radius 3 is 2.56 bits per heavy atom. The quantitative estimate of drug-likeness (QED) is 0.301. The van der Waals surface area contributed by atoms with Crippen molar-refractivity contribution in [3.8, 4) is 5.69 Å². The third kappa shape index (κ3) is 7.63. The van der Waals surface area contributed by atoms with Crippen LogP contribution in [0.2, 0.25) is 0 Å². The van der Waals surface area contributed by atoms with Gasteiger partial charge < -0.3 is 25.3 Å². The summed E-state index contributed by atoms with van der Waals surface area (Å²) in [5, 5.41) is 13.0. The van der Waals surface area contributed by atoms with Crippen molar-refractivity contribution in [1.29, 1.82) is 0 Å². The molecular formula is C26H34F2N8O3. The van der Waals surface area contributed by atoms with E-state index in [2.05, 4.69) is 10.1 Å². The number of hydrogen-bond donors (Lipinski definition) is 3. The molecule has 0 bridgehead atoms. The van der Waals surface area contributed by atoms with Gasteiger partial charge >= 0.3 is 0 Å². The van der Waals surface area contributed by atoms with Crippen LogP contribution in [0.1, 0.15) is 38.1 Å². The number of anilines is 1. The number of carbonyl (C=O) groups is 1. The van der Waals surface area contributed by atoms with Gasteiger partial charge in [-0.25, -0.2) is 24.3 Å². The molecule has 1 saturated heterocycles. The number of carboxylic acid groups (broad SMARTS) is 1. The lowest BCUT2D eigenvalue weighted by molar-refractivity contribution is -0.134. The molecule has 1 aliphatic rings. The number of aryl methyl sites for hydroxylation is 1. The zero-order valence-electron chi connectivity index (χ0n) is 22.2.